The molecule has 0 spiro atoms. The fourth-order valence-electron chi connectivity index (χ4n) is 2.27. The van der Waals surface area contributed by atoms with E-state index >= 15 is 0 Å². The predicted molar refractivity (Wildman–Crippen MR) is 107 cm³/mol. The Labute approximate surface area is 168 Å². The number of hydrogen-bond donors (Lipinski definition) is 2. The van der Waals surface area contributed by atoms with Crippen molar-refractivity contribution >= 4 is 40.8 Å². The number of ether oxygens (including phenoxy) is 2. The quantitative estimate of drug-likeness (QED) is 0.415. The topological polar surface area (TPSA) is 93.7 Å². The van der Waals surface area contributed by atoms with Crippen molar-refractivity contribution in [3.8, 4) is 5.75 Å². The Morgan fingerprint density at radius 1 is 1.04 bits per heavy atom. The van der Waals surface area contributed by atoms with Gasteiger partial charge < -0.3 is 20.1 Å². The van der Waals surface area contributed by atoms with Gasteiger partial charge in [0.15, 0.2) is 0 Å². The number of para-hydroxylation sites is 1. The number of nitrogens with one attached hydrogen (secondary N) is 2. The number of unbranched alkanes of at least 4 members (excludes halogenated alkanes) is 1. The van der Waals surface area contributed by atoms with Gasteiger partial charge in [-0.3, -0.25) is 9.59 Å². The van der Waals surface area contributed by atoms with E-state index in [1.165, 1.54) is 25.3 Å². The molecule has 8 heteroatoms. The monoisotopic (exact) mass is 404 g/mol. The molecule has 0 aliphatic carbocycles. The second-order valence-corrected chi connectivity index (χ2v) is 6.20. The number of methoxy groups -OCH3 is 1. The van der Waals surface area contributed by atoms with Gasteiger partial charge in [0.05, 0.1) is 30.0 Å². The van der Waals surface area contributed by atoms with Crippen LogP contribution in [0.25, 0.3) is 0 Å². The van der Waals surface area contributed by atoms with Gasteiger partial charge in [0, 0.05) is 5.69 Å². The molecule has 0 unspecified atom stereocenters. The highest BCUT2D eigenvalue weighted by Gasteiger charge is 2.19. The van der Waals surface area contributed by atoms with E-state index in [9.17, 15) is 14.4 Å². The molecule has 0 heterocycles. The summed E-state index contributed by atoms with van der Waals surface area (Å²) < 4.78 is 10.2. The molecule has 28 heavy (non-hydrogen) atoms. The minimum atomic E-state index is -0.930. The fraction of sp³-hybridized carbons (Fsp3) is 0.250. The minimum absolute atomic E-state index is 0.173. The first-order chi connectivity index (χ1) is 13.5. The van der Waals surface area contributed by atoms with Crippen LogP contribution in [-0.4, -0.2) is 31.5 Å². The number of benzene rings is 2. The Morgan fingerprint density at radius 3 is 2.43 bits per heavy atom. The number of esters is 1. The molecule has 2 N–H and O–H groups in total. The normalized spacial score (nSPS) is 10.1. The van der Waals surface area contributed by atoms with E-state index in [0.717, 1.165) is 12.8 Å². The third-order valence-corrected chi connectivity index (χ3v) is 4.04. The maximum Gasteiger partial charge on any atom is 0.340 e. The van der Waals surface area contributed by atoms with Crippen molar-refractivity contribution in [1.82, 2.24) is 0 Å². The summed E-state index contributed by atoms with van der Waals surface area (Å²) in [5.41, 5.74) is 0.697. The largest absolute Gasteiger partial charge is 0.495 e. The van der Waals surface area contributed by atoms with E-state index in [2.05, 4.69) is 10.6 Å². The van der Waals surface area contributed by atoms with Crippen LogP contribution >= 0.6 is 11.6 Å². The highest BCUT2D eigenvalue weighted by atomic mass is 35.5. The Morgan fingerprint density at radius 2 is 1.75 bits per heavy atom. The van der Waals surface area contributed by atoms with Gasteiger partial charge in [0.2, 0.25) is 0 Å². The summed E-state index contributed by atoms with van der Waals surface area (Å²) in [4.78, 5) is 36.6. The zero-order valence-corrected chi connectivity index (χ0v) is 16.3. The first-order valence-corrected chi connectivity index (χ1v) is 9.06. The van der Waals surface area contributed by atoms with Gasteiger partial charge in [-0.05, 0) is 36.8 Å². The summed E-state index contributed by atoms with van der Waals surface area (Å²) in [5.74, 6) is -1.96. The molecule has 7 nitrogen and oxygen atoms in total. The zero-order chi connectivity index (χ0) is 20.5. The second kappa shape index (κ2) is 10.3. The number of anilines is 2. The first kappa shape index (κ1) is 21.2. The Hall–Kier alpha value is -3.06. The highest BCUT2D eigenvalue weighted by molar-refractivity contribution is 6.44. The molecule has 2 rings (SSSR count). The molecule has 0 saturated heterocycles. The van der Waals surface area contributed by atoms with E-state index in [-0.39, 0.29) is 17.9 Å². The standard InChI is InChI=1S/C20H21ClN2O5/c1-3-4-11-28-20(26)14-7-5-6-8-16(14)23-19(25)18(24)22-13-9-10-17(27-2)15(21)12-13/h5-10,12H,3-4,11H2,1-2H3,(H,22,24)(H,23,25). The van der Waals surface area contributed by atoms with Gasteiger partial charge >= 0.3 is 17.8 Å². The summed E-state index contributed by atoms with van der Waals surface area (Å²) in [7, 11) is 1.47. The molecule has 148 valence electrons. The second-order valence-electron chi connectivity index (χ2n) is 5.79. The van der Waals surface area contributed by atoms with E-state index in [0.29, 0.717) is 16.5 Å². The molecule has 0 atom stereocenters. The van der Waals surface area contributed by atoms with Gasteiger partial charge in [-0.15, -0.1) is 0 Å². The zero-order valence-electron chi connectivity index (χ0n) is 15.6. The maximum atomic E-state index is 12.2. The molecule has 0 fully saturated rings. The smallest absolute Gasteiger partial charge is 0.340 e. The van der Waals surface area contributed by atoms with Gasteiger partial charge in [-0.25, -0.2) is 4.79 Å². The summed E-state index contributed by atoms with van der Waals surface area (Å²) >= 11 is 6.00. The number of amides is 2. The van der Waals surface area contributed by atoms with E-state index in [1.54, 1.807) is 24.3 Å². The van der Waals surface area contributed by atoms with Crippen molar-refractivity contribution in [2.75, 3.05) is 24.4 Å². The van der Waals surface area contributed by atoms with Crippen LogP contribution in [0.5, 0.6) is 5.75 Å². The summed E-state index contributed by atoms with van der Waals surface area (Å²) in [6, 6.07) is 10.9. The van der Waals surface area contributed by atoms with Crippen LogP contribution in [-0.2, 0) is 14.3 Å². The molecule has 0 aromatic heterocycles. The Bertz CT molecular complexity index is 869. The number of carbonyl (C=O) groups is 3. The molecule has 0 aliphatic rings. The van der Waals surface area contributed by atoms with Crippen molar-refractivity contribution in [2.45, 2.75) is 19.8 Å². The summed E-state index contributed by atoms with van der Waals surface area (Å²) in [6.45, 7) is 2.27. The number of halogens is 1. The van der Waals surface area contributed by atoms with Crippen molar-refractivity contribution in [3.05, 3.63) is 53.1 Å². The SMILES string of the molecule is CCCCOC(=O)c1ccccc1NC(=O)C(=O)Nc1ccc(OC)c(Cl)c1. The average Bonchev–Trinajstić information content (AvgIpc) is 2.68. The average molecular weight is 405 g/mol. The van der Waals surface area contributed by atoms with Crippen LogP contribution in [0.4, 0.5) is 11.4 Å². The molecule has 2 aromatic carbocycles. The molecule has 0 aliphatic heterocycles. The number of rotatable bonds is 7. The van der Waals surface area contributed by atoms with Gasteiger partial charge in [0.1, 0.15) is 5.75 Å². The van der Waals surface area contributed by atoms with Crippen molar-refractivity contribution in [1.29, 1.82) is 0 Å². The van der Waals surface area contributed by atoms with Crippen LogP contribution in [0.1, 0.15) is 30.1 Å². The highest BCUT2D eigenvalue weighted by Crippen LogP contribution is 2.27. The molecule has 0 radical (unpaired) electrons. The first-order valence-electron chi connectivity index (χ1n) is 8.68. The van der Waals surface area contributed by atoms with E-state index in [1.807, 2.05) is 6.92 Å². The molecule has 0 bridgehead atoms. The fourth-order valence-corrected chi connectivity index (χ4v) is 2.53. The summed E-state index contributed by atoms with van der Waals surface area (Å²) in [6.07, 6.45) is 1.63. The lowest BCUT2D eigenvalue weighted by molar-refractivity contribution is -0.133. The van der Waals surface area contributed by atoms with Crippen LogP contribution in [0.3, 0.4) is 0 Å². The van der Waals surface area contributed by atoms with Crippen LogP contribution in [0.15, 0.2) is 42.5 Å². The van der Waals surface area contributed by atoms with Crippen molar-refractivity contribution < 1.29 is 23.9 Å². The van der Waals surface area contributed by atoms with Gasteiger partial charge in [-0.1, -0.05) is 37.1 Å². The summed E-state index contributed by atoms with van der Waals surface area (Å²) in [5, 5.41) is 5.16. The minimum Gasteiger partial charge on any atom is -0.495 e. The van der Waals surface area contributed by atoms with E-state index in [4.69, 9.17) is 21.1 Å². The van der Waals surface area contributed by atoms with Gasteiger partial charge in [-0.2, -0.15) is 0 Å². The van der Waals surface area contributed by atoms with Crippen LogP contribution in [0.2, 0.25) is 5.02 Å². The van der Waals surface area contributed by atoms with Crippen molar-refractivity contribution in [2.24, 2.45) is 0 Å². The molecule has 2 aromatic rings. The molecular weight excluding hydrogens is 384 g/mol. The van der Waals surface area contributed by atoms with E-state index < -0.39 is 17.8 Å². The lowest BCUT2D eigenvalue weighted by Gasteiger charge is -2.11. The lowest BCUT2D eigenvalue weighted by atomic mass is 10.1. The van der Waals surface area contributed by atoms with Gasteiger partial charge in [0.25, 0.3) is 0 Å². The molecule has 0 saturated carbocycles. The van der Waals surface area contributed by atoms with Crippen LogP contribution in [0, 0.1) is 0 Å². The van der Waals surface area contributed by atoms with Crippen LogP contribution < -0.4 is 15.4 Å². The molecule has 2 amide bonds. The Kier molecular flexibility index (Phi) is 7.83. The lowest BCUT2D eigenvalue weighted by Crippen LogP contribution is -2.29. The van der Waals surface area contributed by atoms with Crippen molar-refractivity contribution in [3.63, 3.8) is 0 Å². The maximum absolute atomic E-state index is 12.2. The third-order valence-electron chi connectivity index (χ3n) is 3.74. The predicted octanol–water partition coefficient (Wildman–Crippen LogP) is 3.88. The Balaban J connectivity index is 2.05. The number of carbonyl (C=O) groups excluding carboxylic acids is 3. The third kappa shape index (κ3) is 5.72. The number of hydrogen-bond acceptors (Lipinski definition) is 5. The molecular formula is C20H21ClN2O5.